The quantitative estimate of drug-likeness (QED) is 0.781. The summed E-state index contributed by atoms with van der Waals surface area (Å²) in [6.45, 7) is 0.757. The molecular weight excluding hydrogens is 367 g/mol. The Labute approximate surface area is 154 Å². The van der Waals surface area contributed by atoms with Crippen molar-refractivity contribution in [1.29, 1.82) is 0 Å². The van der Waals surface area contributed by atoms with Crippen molar-refractivity contribution < 1.29 is 32.1 Å². The van der Waals surface area contributed by atoms with Gasteiger partial charge in [-0.05, 0) is 18.9 Å². The zero-order valence-electron chi connectivity index (χ0n) is 15.2. The van der Waals surface area contributed by atoms with Crippen LogP contribution in [0.15, 0.2) is 12.4 Å². The summed E-state index contributed by atoms with van der Waals surface area (Å²) in [4.78, 5) is 10.5. The zero-order chi connectivity index (χ0) is 19.6. The number of halogens is 3. The average Bonchev–Trinajstić information content (AvgIpc) is 2.65. The van der Waals surface area contributed by atoms with Crippen LogP contribution in [0.4, 0.5) is 19.0 Å². The monoisotopic (exact) mass is 387 g/mol. The number of aromatic nitrogens is 2. The van der Waals surface area contributed by atoms with Gasteiger partial charge in [-0.3, -0.25) is 4.74 Å². The lowest BCUT2D eigenvalue weighted by Gasteiger charge is -2.33. The molecule has 0 saturated carbocycles. The van der Waals surface area contributed by atoms with Gasteiger partial charge in [0.2, 0.25) is 5.75 Å². The summed E-state index contributed by atoms with van der Waals surface area (Å²) in [5.74, 6) is 1.87. The van der Waals surface area contributed by atoms with Gasteiger partial charge in [0, 0.05) is 13.1 Å². The van der Waals surface area contributed by atoms with Crippen molar-refractivity contribution >= 4 is 16.7 Å². The molecule has 7 nitrogen and oxygen atoms in total. The predicted octanol–water partition coefficient (Wildman–Crippen LogP) is 3.16. The van der Waals surface area contributed by atoms with E-state index >= 15 is 0 Å². The van der Waals surface area contributed by atoms with Crippen LogP contribution in [0.5, 0.6) is 17.2 Å². The lowest BCUT2D eigenvalue weighted by atomic mass is 10.1. The number of benzene rings is 1. The molecule has 0 atom stereocenters. The van der Waals surface area contributed by atoms with Crippen molar-refractivity contribution in [2.75, 3.05) is 39.3 Å². The minimum Gasteiger partial charge on any atom is -0.493 e. The summed E-state index contributed by atoms with van der Waals surface area (Å²) in [6.07, 6.45) is -3.58. The van der Waals surface area contributed by atoms with Crippen LogP contribution in [0.3, 0.4) is 0 Å². The topological polar surface area (TPSA) is 65.9 Å². The Morgan fingerprint density at radius 1 is 1.00 bits per heavy atom. The molecule has 10 heteroatoms. The summed E-state index contributed by atoms with van der Waals surface area (Å²) in [6, 6.07) is 1.74. The molecule has 0 bridgehead atoms. The molecule has 2 heterocycles. The molecule has 0 spiro atoms. The van der Waals surface area contributed by atoms with E-state index in [9.17, 15) is 13.2 Å². The Balaban J connectivity index is 1.94. The second-order valence-electron chi connectivity index (χ2n) is 5.99. The second kappa shape index (κ2) is 7.63. The van der Waals surface area contributed by atoms with Crippen LogP contribution >= 0.6 is 0 Å². The van der Waals surface area contributed by atoms with E-state index in [1.54, 1.807) is 6.07 Å². The highest BCUT2D eigenvalue weighted by Crippen LogP contribution is 2.44. The fourth-order valence-electron chi connectivity index (χ4n) is 3.28. The summed E-state index contributed by atoms with van der Waals surface area (Å²) >= 11 is 0. The maximum Gasteiger partial charge on any atom is 0.522 e. The lowest BCUT2D eigenvalue weighted by Crippen LogP contribution is -2.39. The van der Waals surface area contributed by atoms with E-state index in [2.05, 4.69) is 14.7 Å². The van der Waals surface area contributed by atoms with Gasteiger partial charge in [0.25, 0.3) is 0 Å². The van der Waals surface area contributed by atoms with Gasteiger partial charge in [0.1, 0.15) is 17.7 Å². The van der Waals surface area contributed by atoms with E-state index in [1.807, 2.05) is 4.90 Å². The fourth-order valence-corrected chi connectivity index (χ4v) is 3.28. The first-order valence-corrected chi connectivity index (χ1v) is 8.31. The zero-order valence-corrected chi connectivity index (χ0v) is 15.2. The van der Waals surface area contributed by atoms with Crippen molar-refractivity contribution in [2.24, 2.45) is 0 Å². The number of methoxy groups -OCH3 is 3. The van der Waals surface area contributed by atoms with Gasteiger partial charge in [-0.1, -0.05) is 0 Å². The van der Waals surface area contributed by atoms with Crippen LogP contribution in [0, 0.1) is 0 Å². The van der Waals surface area contributed by atoms with Gasteiger partial charge in [0.05, 0.1) is 32.8 Å². The number of nitrogens with zero attached hydrogens (tertiary/aromatic N) is 3. The summed E-state index contributed by atoms with van der Waals surface area (Å²) < 4.78 is 57.6. The maximum absolute atomic E-state index is 12.4. The summed E-state index contributed by atoms with van der Waals surface area (Å²) in [5, 5.41) is 0.669. The molecule has 1 saturated heterocycles. The standard InChI is InChI=1S/C17H20F3N3O4/c1-24-12-8-11-13(15(26-3)14(12)25-2)21-9-22-16(11)23-6-4-10(5-7-23)27-17(18,19)20/h8-10H,4-7H2,1-3H3. The molecule has 1 aromatic heterocycles. The van der Waals surface area contributed by atoms with Crippen LogP contribution in [0.1, 0.15) is 12.8 Å². The number of ether oxygens (including phenoxy) is 4. The minimum absolute atomic E-state index is 0.245. The number of anilines is 1. The Bertz CT molecular complexity index is 808. The first-order chi connectivity index (χ1) is 12.9. The number of hydrogen-bond acceptors (Lipinski definition) is 7. The van der Waals surface area contributed by atoms with E-state index in [1.165, 1.54) is 27.7 Å². The number of rotatable bonds is 5. The smallest absolute Gasteiger partial charge is 0.493 e. The van der Waals surface area contributed by atoms with Crippen molar-refractivity contribution in [3.63, 3.8) is 0 Å². The largest absolute Gasteiger partial charge is 0.522 e. The molecule has 1 fully saturated rings. The number of alkyl halides is 3. The van der Waals surface area contributed by atoms with E-state index in [0.29, 0.717) is 47.1 Å². The molecule has 0 radical (unpaired) electrons. The molecule has 0 unspecified atom stereocenters. The molecule has 27 heavy (non-hydrogen) atoms. The van der Waals surface area contributed by atoms with Crippen LogP contribution in [0.25, 0.3) is 10.9 Å². The van der Waals surface area contributed by atoms with Crippen LogP contribution < -0.4 is 19.1 Å². The molecule has 0 aliphatic carbocycles. The third-order valence-corrected chi connectivity index (χ3v) is 4.45. The van der Waals surface area contributed by atoms with Crippen molar-refractivity contribution in [2.45, 2.75) is 25.3 Å². The van der Waals surface area contributed by atoms with Crippen molar-refractivity contribution in [3.05, 3.63) is 12.4 Å². The van der Waals surface area contributed by atoms with E-state index in [-0.39, 0.29) is 12.8 Å². The summed E-state index contributed by atoms with van der Waals surface area (Å²) in [7, 11) is 4.50. The van der Waals surface area contributed by atoms with Crippen molar-refractivity contribution in [1.82, 2.24) is 9.97 Å². The molecule has 0 amide bonds. The SMILES string of the molecule is COc1cc2c(N3CCC(OC(F)(F)F)CC3)ncnc2c(OC)c1OC. The van der Waals surface area contributed by atoms with Gasteiger partial charge in [-0.2, -0.15) is 0 Å². The Hall–Kier alpha value is -2.49. The summed E-state index contributed by atoms with van der Waals surface area (Å²) in [5.41, 5.74) is 0.536. The normalized spacial score (nSPS) is 15.9. The molecule has 1 aromatic carbocycles. The highest BCUT2D eigenvalue weighted by Gasteiger charge is 2.35. The second-order valence-corrected chi connectivity index (χ2v) is 5.99. The fraction of sp³-hybridized carbons (Fsp3) is 0.529. The highest BCUT2D eigenvalue weighted by molar-refractivity contribution is 5.97. The minimum atomic E-state index is -4.62. The molecule has 3 rings (SSSR count). The lowest BCUT2D eigenvalue weighted by molar-refractivity contribution is -0.344. The predicted molar refractivity (Wildman–Crippen MR) is 91.6 cm³/mol. The van der Waals surface area contributed by atoms with Crippen LogP contribution in [0.2, 0.25) is 0 Å². The van der Waals surface area contributed by atoms with Crippen molar-refractivity contribution in [3.8, 4) is 17.2 Å². The first kappa shape index (κ1) is 19.3. The average molecular weight is 387 g/mol. The van der Waals surface area contributed by atoms with Gasteiger partial charge in [-0.25, -0.2) is 9.97 Å². The van der Waals surface area contributed by atoms with E-state index in [4.69, 9.17) is 14.2 Å². The Morgan fingerprint density at radius 2 is 1.67 bits per heavy atom. The maximum atomic E-state index is 12.4. The third kappa shape index (κ3) is 3.95. The van der Waals surface area contributed by atoms with Crippen LogP contribution in [-0.4, -0.2) is 56.9 Å². The number of hydrogen-bond donors (Lipinski definition) is 0. The molecule has 0 N–H and O–H groups in total. The molecule has 1 aliphatic heterocycles. The first-order valence-electron chi connectivity index (χ1n) is 8.31. The van der Waals surface area contributed by atoms with Crippen LogP contribution in [-0.2, 0) is 4.74 Å². The highest BCUT2D eigenvalue weighted by atomic mass is 19.4. The van der Waals surface area contributed by atoms with E-state index in [0.717, 1.165) is 0 Å². The number of fused-ring (bicyclic) bond motifs is 1. The van der Waals surface area contributed by atoms with Gasteiger partial charge < -0.3 is 19.1 Å². The Morgan fingerprint density at radius 3 is 2.22 bits per heavy atom. The third-order valence-electron chi connectivity index (χ3n) is 4.45. The molecular formula is C17H20F3N3O4. The number of piperidine rings is 1. The molecule has 2 aromatic rings. The van der Waals surface area contributed by atoms with E-state index < -0.39 is 12.5 Å². The van der Waals surface area contributed by atoms with Gasteiger partial charge in [-0.15, -0.1) is 13.2 Å². The Kier molecular flexibility index (Phi) is 5.45. The van der Waals surface area contributed by atoms with Gasteiger partial charge >= 0.3 is 6.36 Å². The molecule has 1 aliphatic rings. The van der Waals surface area contributed by atoms with Gasteiger partial charge in [0.15, 0.2) is 11.5 Å². The molecule has 148 valence electrons.